The van der Waals surface area contributed by atoms with Gasteiger partial charge < -0.3 is 8.83 Å². The van der Waals surface area contributed by atoms with Crippen molar-refractivity contribution in [3.8, 4) is 44.5 Å². The average Bonchev–Trinajstić information content (AvgIpc) is 3.80. The van der Waals surface area contributed by atoms with Crippen LogP contribution in [0.15, 0.2) is 142 Å². The Morgan fingerprint density at radius 1 is 0.290 bits per heavy atom. The van der Waals surface area contributed by atoms with Crippen molar-refractivity contribution in [2.24, 2.45) is 0 Å². The van der Waals surface area contributed by atoms with Crippen LogP contribution >= 0.6 is 0 Å². The van der Waals surface area contributed by atoms with Gasteiger partial charge in [0.25, 0.3) is 0 Å². The van der Waals surface area contributed by atoms with E-state index in [0.717, 1.165) is 65.8 Å². The van der Waals surface area contributed by atoms with Crippen molar-refractivity contribution in [3.63, 3.8) is 0 Å². The highest BCUT2D eigenvalue weighted by molar-refractivity contribution is 6.38. The first-order chi connectivity index (χ1) is 30.0. The third-order valence-electron chi connectivity index (χ3n) is 13.6. The summed E-state index contributed by atoms with van der Waals surface area (Å²) in [6.07, 6.45) is 0. The molecule has 12 rings (SSSR count). The van der Waals surface area contributed by atoms with Crippen molar-refractivity contribution in [2.75, 3.05) is 0 Å². The van der Waals surface area contributed by atoms with E-state index in [2.05, 4.69) is 189 Å². The summed E-state index contributed by atoms with van der Waals surface area (Å²) in [6, 6.07) is 49.9. The molecule has 0 bridgehead atoms. The highest BCUT2D eigenvalue weighted by Gasteiger charge is 2.26. The van der Waals surface area contributed by atoms with E-state index >= 15 is 0 Å². The average molecular weight is 799 g/mol. The Labute approximate surface area is 361 Å². The lowest BCUT2D eigenvalue weighted by Crippen LogP contribution is -1.96. The summed E-state index contributed by atoms with van der Waals surface area (Å²) in [6.45, 7) is 17.7. The van der Waals surface area contributed by atoms with Crippen LogP contribution in [-0.4, -0.2) is 0 Å². The molecule has 0 fully saturated rings. The molecule has 298 valence electrons. The summed E-state index contributed by atoms with van der Waals surface area (Å²) in [5.41, 5.74) is 23.4. The highest BCUT2D eigenvalue weighted by atomic mass is 16.3. The topological polar surface area (TPSA) is 26.3 Å². The predicted molar refractivity (Wildman–Crippen MR) is 264 cm³/mol. The molecular formula is C60H46O2. The van der Waals surface area contributed by atoms with E-state index in [1.807, 2.05) is 0 Å². The second kappa shape index (κ2) is 13.2. The second-order valence-electron chi connectivity index (χ2n) is 18.2. The van der Waals surface area contributed by atoms with Gasteiger partial charge in [0.1, 0.15) is 22.3 Å². The maximum absolute atomic E-state index is 7.16. The molecule has 0 atom stereocenters. The molecule has 0 aliphatic carbocycles. The van der Waals surface area contributed by atoms with Crippen molar-refractivity contribution >= 4 is 76.2 Å². The number of aryl methyl sites for hydroxylation is 8. The minimum atomic E-state index is 0.895. The standard InChI is InChI=1S/C60H46O2/c1-31-11-9-13-39(23-31)41-15-17-43-49-27-47-46(56-37(7)21-34(4)22-38(56)8)30-52-58-48(28-50-44-18-16-42(26-54(44)62-60(50)52)40-14-10-12-32(2)24-40)45(55-35(5)19-33(3)20-36(55)6)29-51(57(47)58)59(49)61-53(43)25-41/h9-30H,1-8H3. The van der Waals surface area contributed by atoms with Gasteiger partial charge in [0.2, 0.25) is 0 Å². The number of benzene rings is 10. The van der Waals surface area contributed by atoms with Crippen LogP contribution in [0.25, 0.3) is 121 Å². The first kappa shape index (κ1) is 36.7. The van der Waals surface area contributed by atoms with Gasteiger partial charge in [-0.05, 0) is 181 Å². The Hall–Kier alpha value is -7.16. The molecule has 2 nitrogen and oxygen atoms in total. The molecule has 0 unspecified atom stereocenters. The van der Waals surface area contributed by atoms with Crippen LogP contribution in [-0.2, 0) is 0 Å². The molecular weight excluding hydrogens is 753 g/mol. The number of fused-ring (bicyclic) bond motifs is 8. The fourth-order valence-electron chi connectivity index (χ4n) is 11.2. The first-order valence-corrected chi connectivity index (χ1v) is 21.8. The van der Waals surface area contributed by atoms with E-state index < -0.39 is 0 Å². The number of rotatable bonds is 4. The summed E-state index contributed by atoms with van der Waals surface area (Å²) < 4.78 is 14.3. The molecule has 0 N–H and O–H groups in total. The minimum absolute atomic E-state index is 0.895. The smallest absolute Gasteiger partial charge is 0.143 e. The summed E-state index contributed by atoms with van der Waals surface area (Å²) in [4.78, 5) is 0. The molecule has 2 heteroatoms. The van der Waals surface area contributed by atoms with Gasteiger partial charge in [0.05, 0.1) is 0 Å². The molecule has 62 heavy (non-hydrogen) atoms. The normalized spacial score (nSPS) is 12.2. The van der Waals surface area contributed by atoms with Crippen LogP contribution < -0.4 is 0 Å². The predicted octanol–water partition coefficient (Wildman–Crippen LogP) is 17.5. The lowest BCUT2D eigenvalue weighted by molar-refractivity contribution is 0.672. The van der Waals surface area contributed by atoms with Gasteiger partial charge >= 0.3 is 0 Å². The van der Waals surface area contributed by atoms with E-state index in [9.17, 15) is 0 Å². The molecule has 0 aliphatic heterocycles. The Morgan fingerprint density at radius 2 is 0.677 bits per heavy atom. The van der Waals surface area contributed by atoms with Crippen LogP contribution in [0.5, 0.6) is 0 Å². The summed E-state index contributed by atoms with van der Waals surface area (Å²) in [7, 11) is 0. The van der Waals surface area contributed by atoms with E-state index in [-0.39, 0.29) is 0 Å². The van der Waals surface area contributed by atoms with Crippen molar-refractivity contribution < 1.29 is 8.83 Å². The van der Waals surface area contributed by atoms with Crippen LogP contribution in [0.4, 0.5) is 0 Å². The highest BCUT2D eigenvalue weighted by Crippen LogP contribution is 2.52. The largest absolute Gasteiger partial charge is 0.455 e. The lowest BCUT2D eigenvalue weighted by atomic mass is 9.81. The zero-order valence-electron chi connectivity index (χ0n) is 36.5. The summed E-state index contributed by atoms with van der Waals surface area (Å²) in [5, 5.41) is 11.6. The van der Waals surface area contributed by atoms with Crippen LogP contribution in [0.1, 0.15) is 44.5 Å². The number of hydrogen-bond acceptors (Lipinski definition) is 2. The maximum atomic E-state index is 7.16. The monoisotopic (exact) mass is 798 g/mol. The third-order valence-corrected chi connectivity index (χ3v) is 13.6. The molecule has 2 heterocycles. The Morgan fingerprint density at radius 3 is 1.06 bits per heavy atom. The van der Waals surface area contributed by atoms with Gasteiger partial charge in [0, 0.05) is 43.1 Å². The van der Waals surface area contributed by atoms with Crippen LogP contribution in [0.3, 0.4) is 0 Å². The van der Waals surface area contributed by atoms with Crippen molar-refractivity contribution in [3.05, 3.63) is 178 Å². The third kappa shape index (κ3) is 5.36. The Bertz CT molecular complexity index is 3580. The molecule has 0 spiro atoms. The minimum Gasteiger partial charge on any atom is -0.455 e. The first-order valence-electron chi connectivity index (χ1n) is 21.8. The molecule has 2 aromatic heterocycles. The molecule has 0 saturated heterocycles. The van der Waals surface area contributed by atoms with Crippen LogP contribution in [0.2, 0.25) is 0 Å². The number of hydrogen-bond donors (Lipinski definition) is 0. The molecule has 0 radical (unpaired) electrons. The molecule has 0 aliphatic rings. The van der Waals surface area contributed by atoms with E-state index in [1.165, 1.54) is 99.4 Å². The van der Waals surface area contributed by atoms with Gasteiger partial charge in [0.15, 0.2) is 0 Å². The fourth-order valence-corrected chi connectivity index (χ4v) is 11.2. The molecule has 10 aromatic carbocycles. The van der Waals surface area contributed by atoms with E-state index in [1.54, 1.807) is 0 Å². The quantitative estimate of drug-likeness (QED) is 0.166. The zero-order chi connectivity index (χ0) is 42.3. The Kier molecular flexibility index (Phi) is 7.79. The van der Waals surface area contributed by atoms with Gasteiger partial charge in [-0.25, -0.2) is 0 Å². The molecule has 12 aromatic rings. The number of furan rings is 2. The van der Waals surface area contributed by atoms with E-state index in [4.69, 9.17) is 8.83 Å². The summed E-state index contributed by atoms with van der Waals surface area (Å²) in [5.74, 6) is 0. The van der Waals surface area contributed by atoms with Gasteiger partial charge in [-0.15, -0.1) is 0 Å². The van der Waals surface area contributed by atoms with Crippen molar-refractivity contribution in [1.29, 1.82) is 0 Å². The van der Waals surface area contributed by atoms with Crippen molar-refractivity contribution in [1.82, 2.24) is 0 Å². The van der Waals surface area contributed by atoms with Crippen molar-refractivity contribution in [2.45, 2.75) is 55.4 Å². The second-order valence-corrected chi connectivity index (χ2v) is 18.2. The van der Waals surface area contributed by atoms with Gasteiger partial charge in [-0.2, -0.15) is 0 Å². The maximum Gasteiger partial charge on any atom is 0.143 e. The molecule has 0 saturated carbocycles. The van der Waals surface area contributed by atoms with Gasteiger partial charge in [-0.1, -0.05) is 107 Å². The van der Waals surface area contributed by atoms with Gasteiger partial charge in [-0.3, -0.25) is 0 Å². The molecule has 0 amide bonds. The lowest BCUT2D eigenvalue weighted by Gasteiger charge is -2.22. The zero-order valence-corrected chi connectivity index (χ0v) is 36.5. The SMILES string of the molecule is Cc1cccc(-c2ccc3c(c2)oc2c3cc3c(-c4c(C)cc(C)cc4C)cc4c5oc6cc(-c7cccc(C)c7)ccc6c5cc5c(-c6c(C)cc(C)cc6C)cc2c3c54)c1. The summed E-state index contributed by atoms with van der Waals surface area (Å²) >= 11 is 0. The Balaban J connectivity index is 1.28. The fraction of sp³-hybridized carbons (Fsp3) is 0.133. The van der Waals surface area contributed by atoms with E-state index in [0.29, 0.717) is 0 Å². The van der Waals surface area contributed by atoms with Crippen LogP contribution in [0, 0.1) is 55.4 Å².